The largest absolute Gasteiger partial charge is 0.371 e. The first-order valence-electron chi connectivity index (χ1n) is 11.2. The van der Waals surface area contributed by atoms with Crippen molar-refractivity contribution in [3.63, 3.8) is 0 Å². The minimum absolute atomic E-state index is 0.0386. The molecule has 4 atom stereocenters. The van der Waals surface area contributed by atoms with Crippen LogP contribution in [-0.4, -0.2) is 52.4 Å². The third kappa shape index (κ3) is 4.25. The van der Waals surface area contributed by atoms with Gasteiger partial charge in [0.15, 0.2) is 0 Å². The van der Waals surface area contributed by atoms with Gasteiger partial charge in [0.2, 0.25) is 5.91 Å². The van der Waals surface area contributed by atoms with Crippen LogP contribution in [0.25, 0.3) is 0 Å². The maximum absolute atomic E-state index is 12.0. The second-order valence-corrected chi connectivity index (χ2v) is 8.45. The summed E-state index contributed by atoms with van der Waals surface area (Å²) in [5, 5.41) is 11.9. The SMILES string of the molecule is CC.O=C(NC1COC2C1OCC2n1cc(CC2CCCCC2)nn1)C1CC1. The Balaban J connectivity index is 0.000000932. The van der Waals surface area contributed by atoms with Gasteiger partial charge in [-0.05, 0) is 25.2 Å². The molecule has 4 aliphatic rings. The van der Waals surface area contributed by atoms with Crippen LogP contribution in [0, 0.1) is 11.8 Å². The Bertz CT molecular complexity index is 654. The number of hydrogen-bond acceptors (Lipinski definition) is 5. The number of hydrogen-bond donors (Lipinski definition) is 1. The van der Waals surface area contributed by atoms with Crippen LogP contribution in [-0.2, 0) is 20.7 Å². The van der Waals surface area contributed by atoms with Crippen LogP contribution in [0.4, 0.5) is 0 Å². The average molecular weight is 391 g/mol. The minimum atomic E-state index is -0.0753. The lowest BCUT2D eigenvalue weighted by molar-refractivity contribution is -0.123. The van der Waals surface area contributed by atoms with Crippen molar-refractivity contribution in [2.75, 3.05) is 13.2 Å². The molecule has 2 aliphatic carbocycles. The normalized spacial score (nSPS) is 32.5. The molecule has 0 aromatic carbocycles. The molecular formula is C21H34N4O3. The molecule has 1 aromatic heterocycles. The van der Waals surface area contributed by atoms with E-state index in [1.54, 1.807) is 0 Å². The number of ether oxygens (including phenoxy) is 2. The van der Waals surface area contributed by atoms with E-state index in [2.05, 4.69) is 21.8 Å². The van der Waals surface area contributed by atoms with Crippen molar-refractivity contribution in [3.8, 4) is 0 Å². The van der Waals surface area contributed by atoms with Crippen LogP contribution in [0.5, 0.6) is 0 Å². The van der Waals surface area contributed by atoms with Gasteiger partial charge in [0, 0.05) is 12.1 Å². The molecule has 3 heterocycles. The van der Waals surface area contributed by atoms with Gasteiger partial charge in [-0.25, -0.2) is 4.68 Å². The summed E-state index contributed by atoms with van der Waals surface area (Å²) in [5.41, 5.74) is 1.08. The van der Waals surface area contributed by atoms with Crippen LogP contribution in [0.3, 0.4) is 0 Å². The maximum Gasteiger partial charge on any atom is 0.223 e. The molecule has 7 heteroatoms. The number of nitrogens with zero attached hydrogens (tertiary/aromatic N) is 3. The molecule has 7 nitrogen and oxygen atoms in total. The lowest BCUT2D eigenvalue weighted by Crippen LogP contribution is -2.44. The number of carbonyl (C=O) groups excluding carboxylic acids is 1. The number of carbonyl (C=O) groups is 1. The molecule has 2 aliphatic heterocycles. The molecule has 5 rings (SSSR count). The van der Waals surface area contributed by atoms with Crippen molar-refractivity contribution < 1.29 is 14.3 Å². The Labute approximate surface area is 167 Å². The highest BCUT2D eigenvalue weighted by atomic mass is 16.6. The highest BCUT2D eigenvalue weighted by Gasteiger charge is 2.50. The quantitative estimate of drug-likeness (QED) is 0.836. The smallest absolute Gasteiger partial charge is 0.223 e. The molecule has 4 unspecified atom stereocenters. The maximum atomic E-state index is 12.0. The minimum Gasteiger partial charge on any atom is -0.371 e. The van der Waals surface area contributed by atoms with Gasteiger partial charge in [-0.3, -0.25) is 4.79 Å². The third-order valence-corrected chi connectivity index (χ3v) is 6.42. The zero-order valence-corrected chi connectivity index (χ0v) is 17.2. The fraction of sp³-hybridized carbons (Fsp3) is 0.857. The molecule has 0 spiro atoms. The molecule has 1 amide bonds. The average Bonchev–Trinajstić information content (AvgIpc) is 3.16. The first-order valence-corrected chi connectivity index (χ1v) is 11.2. The van der Waals surface area contributed by atoms with Crippen LogP contribution < -0.4 is 5.32 Å². The van der Waals surface area contributed by atoms with Gasteiger partial charge in [-0.1, -0.05) is 51.2 Å². The highest BCUT2D eigenvalue weighted by molar-refractivity contribution is 5.81. The predicted octanol–water partition coefficient (Wildman–Crippen LogP) is 2.66. The van der Waals surface area contributed by atoms with E-state index in [1.807, 2.05) is 18.5 Å². The number of fused-ring (bicyclic) bond motifs is 1. The Morgan fingerprint density at radius 2 is 1.86 bits per heavy atom. The molecule has 156 valence electrons. The monoisotopic (exact) mass is 390 g/mol. The molecule has 1 N–H and O–H groups in total. The van der Waals surface area contributed by atoms with Gasteiger partial charge in [-0.15, -0.1) is 5.10 Å². The Morgan fingerprint density at radius 1 is 1.11 bits per heavy atom. The number of rotatable bonds is 5. The first kappa shape index (κ1) is 19.8. The summed E-state index contributed by atoms with van der Waals surface area (Å²) in [6.07, 6.45) is 11.7. The lowest BCUT2D eigenvalue weighted by atomic mass is 9.86. The van der Waals surface area contributed by atoms with Crippen molar-refractivity contribution in [1.82, 2.24) is 20.3 Å². The fourth-order valence-electron chi connectivity index (χ4n) is 4.73. The topological polar surface area (TPSA) is 78.3 Å². The predicted molar refractivity (Wildman–Crippen MR) is 105 cm³/mol. The van der Waals surface area contributed by atoms with Gasteiger partial charge in [-0.2, -0.15) is 0 Å². The van der Waals surface area contributed by atoms with Crippen molar-refractivity contribution in [3.05, 3.63) is 11.9 Å². The first-order chi connectivity index (χ1) is 13.8. The van der Waals surface area contributed by atoms with Crippen molar-refractivity contribution in [2.45, 2.75) is 89.5 Å². The van der Waals surface area contributed by atoms with Crippen LogP contribution >= 0.6 is 0 Å². The lowest BCUT2D eigenvalue weighted by Gasteiger charge is -2.20. The summed E-state index contributed by atoms with van der Waals surface area (Å²) < 4.78 is 13.9. The van der Waals surface area contributed by atoms with Gasteiger partial charge >= 0.3 is 0 Å². The van der Waals surface area contributed by atoms with E-state index in [0.29, 0.717) is 13.2 Å². The molecular weight excluding hydrogens is 356 g/mol. The second-order valence-electron chi connectivity index (χ2n) is 8.45. The molecule has 1 aromatic rings. The van der Waals surface area contributed by atoms with E-state index in [1.165, 1.54) is 32.1 Å². The molecule has 28 heavy (non-hydrogen) atoms. The standard InChI is InChI=1S/C19H28N4O3.C2H6/c24-19(13-6-7-13)20-15-10-25-18-16(11-26-17(15)18)23-9-14(21-22-23)8-12-4-2-1-3-5-12;1-2/h9,12-13,15-18H,1-8,10-11H2,(H,20,24);1-2H3. The van der Waals surface area contributed by atoms with Gasteiger partial charge < -0.3 is 14.8 Å². The third-order valence-electron chi connectivity index (χ3n) is 6.42. The number of aromatic nitrogens is 3. The van der Waals surface area contributed by atoms with E-state index in [4.69, 9.17) is 9.47 Å². The molecule has 0 radical (unpaired) electrons. The molecule has 4 fully saturated rings. The van der Waals surface area contributed by atoms with Crippen molar-refractivity contribution in [2.24, 2.45) is 11.8 Å². The van der Waals surface area contributed by atoms with Crippen LogP contribution in [0.1, 0.15) is 70.5 Å². The summed E-state index contributed by atoms with van der Waals surface area (Å²) in [7, 11) is 0. The molecule has 0 bridgehead atoms. The Morgan fingerprint density at radius 3 is 2.61 bits per heavy atom. The number of amides is 1. The van der Waals surface area contributed by atoms with Gasteiger partial charge in [0.05, 0.1) is 24.9 Å². The second kappa shape index (κ2) is 8.91. The van der Waals surface area contributed by atoms with E-state index in [9.17, 15) is 4.79 Å². The Kier molecular flexibility index (Phi) is 6.31. The zero-order chi connectivity index (χ0) is 19.5. The summed E-state index contributed by atoms with van der Waals surface area (Å²) in [6.45, 7) is 5.09. The zero-order valence-electron chi connectivity index (χ0n) is 17.2. The van der Waals surface area contributed by atoms with Crippen molar-refractivity contribution in [1.29, 1.82) is 0 Å². The van der Waals surface area contributed by atoms with Gasteiger partial charge in [0.1, 0.15) is 18.2 Å². The van der Waals surface area contributed by atoms with E-state index in [-0.39, 0.29) is 36.1 Å². The Hall–Kier alpha value is -1.47. The van der Waals surface area contributed by atoms with Crippen LogP contribution in [0.2, 0.25) is 0 Å². The van der Waals surface area contributed by atoms with E-state index in [0.717, 1.165) is 30.9 Å². The summed E-state index contributed by atoms with van der Waals surface area (Å²) >= 11 is 0. The van der Waals surface area contributed by atoms with E-state index < -0.39 is 0 Å². The number of nitrogens with one attached hydrogen (secondary N) is 1. The summed E-state index contributed by atoms with van der Waals surface area (Å²) in [5.74, 6) is 1.12. The van der Waals surface area contributed by atoms with Crippen LogP contribution in [0.15, 0.2) is 6.20 Å². The molecule has 2 saturated carbocycles. The van der Waals surface area contributed by atoms with Gasteiger partial charge in [0.25, 0.3) is 0 Å². The van der Waals surface area contributed by atoms with Crippen molar-refractivity contribution >= 4 is 5.91 Å². The summed E-state index contributed by atoms with van der Waals surface area (Å²) in [6, 6.07) is 0.0127. The van der Waals surface area contributed by atoms with E-state index >= 15 is 0 Å². The molecule has 2 saturated heterocycles. The fourth-order valence-corrected chi connectivity index (χ4v) is 4.73. The summed E-state index contributed by atoms with van der Waals surface area (Å²) in [4.78, 5) is 12.0. The highest BCUT2D eigenvalue weighted by Crippen LogP contribution is 2.35.